The average Bonchev–Trinajstić information content (AvgIpc) is 3.37. The number of aryl methyl sites for hydroxylation is 2. The first kappa shape index (κ1) is 30.1. The van der Waals surface area contributed by atoms with Gasteiger partial charge in [0.1, 0.15) is 8.07 Å². The summed E-state index contributed by atoms with van der Waals surface area (Å²) in [5, 5.41) is 13.4. The van der Waals surface area contributed by atoms with Crippen LogP contribution in [0.2, 0.25) is 13.1 Å². The van der Waals surface area contributed by atoms with E-state index in [1.54, 1.807) is 0 Å². The first-order valence-corrected chi connectivity index (χ1v) is 21.1. The van der Waals surface area contributed by atoms with E-state index < -0.39 is 8.07 Å². The van der Waals surface area contributed by atoms with Crippen molar-refractivity contribution in [3.05, 3.63) is 169 Å². The van der Waals surface area contributed by atoms with Gasteiger partial charge in [-0.3, -0.25) is 0 Å². The van der Waals surface area contributed by atoms with Crippen molar-refractivity contribution in [3.8, 4) is 44.5 Å². The number of hydrogen-bond acceptors (Lipinski definition) is 0. The number of benzene rings is 9. The van der Waals surface area contributed by atoms with Gasteiger partial charge in [0.25, 0.3) is 0 Å². The Morgan fingerprint density at radius 1 is 0.333 bits per heavy atom. The molecule has 0 radical (unpaired) electrons. The Kier molecular flexibility index (Phi) is 6.56. The standard InChI is InChI=1S/C50H38Si/c1-31-24-32(2)26-38(25-31)49-42-23-22-37(36-21-20-33-12-5-6-14-35(33)27-36)28-44(42)50(41-18-11-15-34-13-7-8-16-39(34)41)46-30-48-43(29-45(46)49)40-17-9-10-19-47(40)51(48,3)4/h5-30H,1-4H3. The van der Waals surface area contributed by atoms with Crippen molar-refractivity contribution in [1.82, 2.24) is 0 Å². The van der Waals surface area contributed by atoms with Crippen molar-refractivity contribution in [2.75, 3.05) is 0 Å². The minimum Gasteiger partial charge on any atom is -0.0623 e. The molecule has 0 aromatic heterocycles. The summed E-state index contributed by atoms with van der Waals surface area (Å²) in [5.74, 6) is 0. The minimum atomic E-state index is -1.95. The van der Waals surface area contributed by atoms with Gasteiger partial charge in [0.15, 0.2) is 0 Å². The van der Waals surface area contributed by atoms with Gasteiger partial charge >= 0.3 is 0 Å². The van der Waals surface area contributed by atoms with Crippen LogP contribution in [0.15, 0.2) is 158 Å². The van der Waals surface area contributed by atoms with E-state index in [1.807, 2.05) is 0 Å². The van der Waals surface area contributed by atoms with Crippen molar-refractivity contribution in [1.29, 1.82) is 0 Å². The molecule has 9 aromatic rings. The van der Waals surface area contributed by atoms with E-state index in [2.05, 4.69) is 185 Å². The molecule has 9 aromatic carbocycles. The van der Waals surface area contributed by atoms with Crippen LogP contribution in [0.25, 0.3) is 87.6 Å². The van der Waals surface area contributed by atoms with Crippen LogP contribution in [0, 0.1) is 13.8 Å². The molecule has 0 bridgehead atoms. The molecular formula is C50H38Si. The third-order valence-corrected chi connectivity index (χ3v) is 15.0. The fraction of sp³-hybridized carbons (Fsp3) is 0.0800. The van der Waals surface area contributed by atoms with Crippen LogP contribution in [0.3, 0.4) is 0 Å². The fourth-order valence-electron chi connectivity index (χ4n) is 9.13. The molecule has 0 N–H and O–H groups in total. The van der Waals surface area contributed by atoms with Gasteiger partial charge in [-0.05, 0) is 130 Å². The van der Waals surface area contributed by atoms with Crippen LogP contribution in [-0.4, -0.2) is 8.07 Å². The molecule has 0 saturated heterocycles. The van der Waals surface area contributed by atoms with Crippen LogP contribution >= 0.6 is 0 Å². The minimum absolute atomic E-state index is 1.24. The summed E-state index contributed by atoms with van der Waals surface area (Å²) < 4.78 is 0. The normalized spacial score (nSPS) is 13.3. The van der Waals surface area contributed by atoms with E-state index in [0.29, 0.717) is 0 Å². The highest BCUT2D eigenvalue weighted by molar-refractivity contribution is 7.04. The Balaban J connectivity index is 1.41. The Labute approximate surface area is 300 Å². The molecule has 0 atom stereocenters. The van der Waals surface area contributed by atoms with Crippen LogP contribution in [0.4, 0.5) is 0 Å². The summed E-state index contributed by atoms with van der Waals surface area (Å²) >= 11 is 0. The van der Waals surface area contributed by atoms with E-state index in [0.717, 1.165) is 0 Å². The average molecular weight is 667 g/mol. The zero-order chi connectivity index (χ0) is 34.4. The van der Waals surface area contributed by atoms with Gasteiger partial charge in [0.05, 0.1) is 0 Å². The quantitative estimate of drug-likeness (QED) is 0.130. The Bertz CT molecular complexity index is 2880. The van der Waals surface area contributed by atoms with E-state index in [9.17, 15) is 0 Å². The van der Waals surface area contributed by atoms with Gasteiger partial charge < -0.3 is 0 Å². The summed E-state index contributed by atoms with van der Waals surface area (Å²) in [6.07, 6.45) is 0. The molecule has 1 aliphatic heterocycles. The second kappa shape index (κ2) is 11.1. The smallest absolute Gasteiger partial charge is 0.0623 e. The van der Waals surface area contributed by atoms with E-state index in [1.165, 1.54) is 109 Å². The molecule has 0 fully saturated rings. The molecule has 0 saturated carbocycles. The molecule has 1 heteroatoms. The van der Waals surface area contributed by atoms with Crippen LogP contribution < -0.4 is 10.4 Å². The van der Waals surface area contributed by atoms with Crippen molar-refractivity contribution in [3.63, 3.8) is 0 Å². The highest BCUT2D eigenvalue weighted by Crippen LogP contribution is 2.48. The third-order valence-electron chi connectivity index (χ3n) is 11.5. The van der Waals surface area contributed by atoms with E-state index in [-0.39, 0.29) is 0 Å². The maximum atomic E-state index is 2.61. The summed E-state index contributed by atoms with van der Waals surface area (Å²) in [6, 6.07) is 59.9. The molecule has 51 heavy (non-hydrogen) atoms. The second-order valence-electron chi connectivity index (χ2n) is 15.1. The van der Waals surface area contributed by atoms with Gasteiger partial charge in [-0.2, -0.15) is 0 Å². The predicted molar refractivity (Wildman–Crippen MR) is 224 cm³/mol. The molecule has 0 aliphatic carbocycles. The lowest BCUT2D eigenvalue weighted by Gasteiger charge is -2.23. The maximum Gasteiger partial charge on any atom is 0.113 e. The first-order chi connectivity index (χ1) is 24.8. The Hall–Kier alpha value is -5.76. The molecule has 1 heterocycles. The maximum absolute atomic E-state index is 2.61. The fourth-order valence-corrected chi connectivity index (χ4v) is 12.2. The monoisotopic (exact) mass is 666 g/mol. The number of fused-ring (bicyclic) bond motifs is 7. The zero-order valence-corrected chi connectivity index (χ0v) is 30.5. The Morgan fingerprint density at radius 2 is 0.961 bits per heavy atom. The van der Waals surface area contributed by atoms with Crippen molar-refractivity contribution in [2.24, 2.45) is 0 Å². The van der Waals surface area contributed by atoms with Gasteiger partial charge in [-0.15, -0.1) is 0 Å². The molecule has 242 valence electrons. The van der Waals surface area contributed by atoms with Crippen LogP contribution in [0.1, 0.15) is 11.1 Å². The van der Waals surface area contributed by atoms with Crippen LogP contribution in [-0.2, 0) is 0 Å². The molecule has 0 unspecified atom stereocenters. The highest BCUT2D eigenvalue weighted by atomic mass is 28.3. The second-order valence-corrected chi connectivity index (χ2v) is 19.4. The van der Waals surface area contributed by atoms with Crippen molar-refractivity contribution in [2.45, 2.75) is 26.9 Å². The lowest BCUT2D eigenvalue weighted by Crippen LogP contribution is -2.49. The van der Waals surface area contributed by atoms with E-state index in [4.69, 9.17) is 0 Å². The van der Waals surface area contributed by atoms with Gasteiger partial charge in [-0.25, -0.2) is 0 Å². The topological polar surface area (TPSA) is 0 Å². The predicted octanol–water partition coefficient (Wildman–Crippen LogP) is 12.7. The molecule has 10 rings (SSSR count). The van der Waals surface area contributed by atoms with Gasteiger partial charge in [-0.1, -0.05) is 164 Å². The van der Waals surface area contributed by atoms with Crippen LogP contribution in [0.5, 0.6) is 0 Å². The Morgan fingerprint density at radius 3 is 1.80 bits per heavy atom. The van der Waals surface area contributed by atoms with Crippen molar-refractivity contribution < 1.29 is 0 Å². The SMILES string of the molecule is Cc1cc(C)cc(-c2c3ccc(-c4ccc5ccccc5c4)cc3c(-c3cccc4ccccc34)c3cc4c(cc23)-c2ccccc2[Si]4(C)C)c1. The third kappa shape index (κ3) is 4.58. The summed E-state index contributed by atoms with van der Waals surface area (Å²) in [5.41, 5.74) is 13.1. The zero-order valence-electron chi connectivity index (χ0n) is 29.5. The lowest BCUT2D eigenvalue weighted by atomic mass is 9.82. The van der Waals surface area contributed by atoms with E-state index >= 15 is 0 Å². The lowest BCUT2D eigenvalue weighted by molar-refractivity contribution is 1.39. The molecule has 0 nitrogen and oxygen atoms in total. The summed E-state index contributed by atoms with van der Waals surface area (Å²) in [7, 11) is -1.95. The van der Waals surface area contributed by atoms with Gasteiger partial charge in [0, 0.05) is 0 Å². The molecule has 1 aliphatic rings. The molecule has 0 amide bonds. The number of rotatable bonds is 3. The summed E-state index contributed by atoms with van der Waals surface area (Å²) in [4.78, 5) is 0. The molecular weight excluding hydrogens is 629 g/mol. The summed E-state index contributed by atoms with van der Waals surface area (Å²) in [6.45, 7) is 9.52. The number of hydrogen-bond donors (Lipinski definition) is 0. The van der Waals surface area contributed by atoms with Gasteiger partial charge in [0.2, 0.25) is 0 Å². The highest BCUT2D eigenvalue weighted by Gasteiger charge is 2.38. The van der Waals surface area contributed by atoms with Crippen molar-refractivity contribution >= 4 is 61.5 Å². The molecule has 0 spiro atoms. The largest absolute Gasteiger partial charge is 0.113 e. The first-order valence-electron chi connectivity index (χ1n) is 18.1.